The molecule has 0 saturated carbocycles. The average Bonchev–Trinajstić information content (AvgIpc) is 2.65. The summed E-state index contributed by atoms with van der Waals surface area (Å²) in [7, 11) is 0. The maximum atomic E-state index is 13.0. The van der Waals surface area contributed by atoms with E-state index in [0.717, 1.165) is 5.56 Å². The van der Waals surface area contributed by atoms with Crippen molar-refractivity contribution in [3.63, 3.8) is 0 Å². The number of nitrogens with one attached hydrogen (secondary N) is 1. The number of para-hydroxylation sites is 1. The molecule has 0 aliphatic heterocycles. The van der Waals surface area contributed by atoms with Gasteiger partial charge in [-0.3, -0.25) is 10.1 Å². The minimum absolute atomic E-state index is 0.0931. The van der Waals surface area contributed by atoms with Crippen molar-refractivity contribution in [2.24, 2.45) is 11.8 Å². The first-order chi connectivity index (χ1) is 12.9. The summed E-state index contributed by atoms with van der Waals surface area (Å²) >= 11 is 0. The molecule has 2 rings (SSSR count). The first kappa shape index (κ1) is 20.5. The predicted octanol–water partition coefficient (Wildman–Crippen LogP) is 4.57. The lowest BCUT2D eigenvalue weighted by Crippen LogP contribution is -2.59. The Balaban J connectivity index is 2.12. The van der Waals surface area contributed by atoms with Crippen LogP contribution >= 0.6 is 0 Å². The summed E-state index contributed by atoms with van der Waals surface area (Å²) in [6.07, 6.45) is -0.786. The summed E-state index contributed by atoms with van der Waals surface area (Å²) in [5.74, 6) is -0.263. The molecular weight excluding hydrogens is 342 g/mol. The molecule has 0 aromatic heterocycles. The number of hydrogen-bond donors (Lipinski definition) is 1. The fourth-order valence-electron chi connectivity index (χ4n) is 3.11. The van der Waals surface area contributed by atoms with Gasteiger partial charge in [0.15, 0.2) is 5.60 Å². The van der Waals surface area contributed by atoms with Gasteiger partial charge in [-0.05, 0) is 17.7 Å². The Morgan fingerprint density at radius 3 is 1.93 bits per heavy atom. The van der Waals surface area contributed by atoms with Gasteiger partial charge in [-0.15, -0.1) is 0 Å². The summed E-state index contributed by atoms with van der Waals surface area (Å²) < 4.78 is 11.3. The van der Waals surface area contributed by atoms with E-state index in [0.29, 0.717) is 5.75 Å². The Morgan fingerprint density at radius 2 is 1.41 bits per heavy atom. The summed E-state index contributed by atoms with van der Waals surface area (Å²) in [6.45, 7) is 7.70. The number of carbonyl (C=O) groups is 2. The number of hydrogen-bond acceptors (Lipinski definition) is 4. The fourth-order valence-corrected chi connectivity index (χ4v) is 3.11. The third-order valence-corrected chi connectivity index (χ3v) is 4.53. The zero-order chi connectivity index (χ0) is 19.9. The van der Waals surface area contributed by atoms with E-state index in [1.54, 1.807) is 12.1 Å². The van der Waals surface area contributed by atoms with E-state index in [1.165, 1.54) is 0 Å². The van der Waals surface area contributed by atoms with Crippen LogP contribution in [0.15, 0.2) is 60.7 Å². The molecule has 27 heavy (non-hydrogen) atoms. The molecule has 2 amide bonds. The minimum atomic E-state index is -1.20. The average molecular weight is 369 g/mol. The highest BCUT2D eigenvalue weighted by Crippen LogP contribution is 2.32. The lowest BCUT2D eigenvalue weighted by molar-refractivity contribution is -0.145. The normalized spacial score (nSPS) is 11.3. The Morgan fingerprint density at radius 1 is 0.889 bits per heavy atom. The number of amides is 2. The van der Waals surface area contributed by atoms with Crippen LogP contribution in [0.1, 0.15) is 33.3 Å². The predicted molar refractivity (Wildman–Crippen MR) is 104 cm³/mol. The van der Waals surface area contributed by atoms with Crippen LogP contribution in [0.2, 0.25) is 0 Å². The molecule has 0 radical (unpaired) electrons. The lowest BCUT2D eigenvalue weighted by Gasteiger charge is -2.39. The number of rotatable bonds is 7. The molecule has 5 nitrogen and oxygen atoms in total. The van der Waals surface area contributed by atoms with Gasteiger partial charge in [0.25, 0.3) is 5.91 Å². The minimum Gasteiger partial charge on any atom is -0.477 e. The zero-order valence-corrected chi connectivity index (χ0v) is 16.3. The SMILES string of the molecule is CC(C)C(Oc1ccccc1)(C(=O)NC(=O)OCc1ccccc1)C(C)C. The van der Waals surface area contributed by atoms with Gasteiger partial charge < -0.3 is 9.47 Å². The largest absolute Gasteiger partial charge is 0.477 e. The number of imide groups is 1. The Labute approximate surface area is 160 Å². The standard InChI is InChI=1S/C22H27NO4/c1-16(2)22(17(3)4,27-19-13-9-6-10-14-19)20(24)23-21(25)26-15-18-11-7-5-8-12-18/h5-14,16-17H,15H2,1-4H3,(H,23,24,25). The Hall–Kier alpha value is -2.82. The van der Waals surface area contributed by atoms with Crippen LogP contribution in [0.5, 0.6) is 5.75 Å². The second kappa shape index (κ2) is 9.21. The van der Waals surface area contributed by atoms with Crippen LogP contribution in [0.3, 0.4) is 0 Å². The van der Waals surface area contributed by atoms with E-state index in [1.807, 2.05) is 76.2 Å². The van der Waals surface area contributed by atoms with Crippen LogP contribution in [0.25, 0.3) is 0 Å². The van der Waals surface area contributed by atoms with Crippen molar-refractivity contribution in [3.8, 4) is 5.75 Å². The van der Waals surface area contributed by atoms with Gasteiger partial charge in [-0.25, -0.2) is 4.79 Å². The van der Waals surface area contributed by atoms with E-state index in [-0.39, 0.29) is 18.4 Å². The molecule has 2 aromatic rings. The van der Waals surface area contributed by atoms with E-state index >= 15 is 0 Å². The maximum absolute atomic E-state index is 13.0. The van der Waals surface area contributed by atoms with E-state index in [4.69, 9.17) is 9.47 Å². The summed E-state index contributed by atoms with van der Waals surface area (Å²) in [5.41, 5.74) is -0.354. The van der Waals surface area contributed by atoms with Gasteiger partial charge in [0.2, 0.25) is 0 Å². The molecule has 2 aromatic carbocycles. The second-order valence-corrected chi connectivity index (χ2v) is 7.03. The van der Waals surface area contributed by atoms with Crippen LogP contribution in [-0.4, -0.2) is 17.6 Å². The van der Waals surface area contributed by atoms with Crippen molar-refractivity contribution in [3.05, 3.63) is 66.2 Å². The molecule has 0 unspecified atom stereocenters. The van der Waals surface area contributed by atoms with Crippen molar-refractivity contribution in [1.82, 2.24) is 5.32 Å². The molecule has 0 spiro atoms. The molecule has 1 N–H and O–H groups in total. The summed E-state index contributed by atoms with van der Waals surface area (Å²) in [5, 5.41) is 2.35. The zero-order valence-electron chi connectivity index (χ0n) is 16.3. The first-order valence-corrected chi connectivity index (χ1v) is 9.12. The summed E-state index contributed by atoms with van der Waals surface area (Å²) in [4.78, 5) is 25.2. The smallest absolute Gasteiger partial charge is 0.414 e. The molecule has 0 heterocycles. The van der Waals surface area contributed by atoms with E-state index in [2.05, 4.69) is 5.32 Å². The quantitative estimate of drug-likeness (QED) is 0.776. The molecule has 0 aliphatic rings. The third-order valence-electron chi connectivity index (χ3n) is 4.53. The van der Waals surface area contributed by atoms with Gasteiger partial charge in [-0.1, -0.05) is 76.2 Å². The highest BCUT2D eigenvalue weighted by atomic mass is 16.6. The second-order valence-electron chi connectivity index (χ2n) is 7.03. The number of benzene rings is 2. The monoisotopic (exact) mass is 369 g/mol. The van der Waals surface area contributed by atoms with Gasteiger partial charge in [0, 0.05) is 11.8 Å². The van der Waals surface area contributed by atoms with Crippen molar-refractivity contribution in [2.75, 3.05) is 0 Å². The molecule has 0 bridgehead atoms. The highest BCUT2D eigenvalue weighted by molar-refractivity contribution is 5.97. The first-order valence-electron chi connectivity index (χ1n) is 9.12. The van der Waals surface area contributed by atoms with Crippen LogP contribution in [-0.2, 0) is 16.1 Å². The van der Waals surface area contributed by atoms with Crippen molar-refractivity contribution in [2.45, 2.75) is 39.9 Å². The highest BCUT2D eigenvalue weighted by Gasteiger charge is 2.48. The Kier molecular flexibility index (Phi) is 6.99. The molecular formula is C22H27NO4. The molecule has 0 fully saturated rings. The number of carbonyl (C=O) groups excluding carboxylic acids is 2. The topological polar surface area (TPSA) is 64.6 Å². The van der Waals surface area contributed by atoms with Crippen LogP contribution in [0, 0.1) is 11.8 Å². The maximum Gasteiger partial charge on any atom is 0.414 e. The molecule has 0 aliphatic carbocycles. The van der Waals surface area contributed by atoms with Crippen molar-refractivity contribution < 1.29 is 19.1 Å². The van der Waals surface area contributed by atoms with E-state index < -0.39 is 17.6 Å². The van der Waals surface area contributed by atoms with Crippen LogP contribution in [0.4, 0.5) is 4.79 Å². The van der Waals surface area contributed by atoms with Crippen molar-refractivity contribution >= 4 is 12.0 Å². The molecule has 5 heteroatoms. The van der Waals surface area contributed by atoms with Crippen LogP contribution < -0.4 is 10.1 Å². The Bertz CT molecular complexity index is 733. The van der Waals surface area contributed by atoms with Crippen molar-refractivity contribution in [1.29, 1.82) is 0 Å². The van der Waals surface area contributed by atoms with E-state index in [9.17, 15) is 9.59 Å². The number of alkyl carbamates (subject to hydrolysis) is 1. The lowest BCUT2D eigenvalue weighted by atomic mass is 9.79. The van der Waals surface area contributed by atoms with Gasteiger partial charge in [-0.2, -0.15) is 0 Å². The van der Waals surface area contributed by atoms with Gasteiger partial charge in [0.1, 0.15) is 12.4 Å². The third kappa shape index (κ3) is 5.09. The molecule has 0 saturated heterocycles. The van der Waals surface area contributed by atoms with Gasteiger partial charge in [0.05, 0.1) is 0 Å². The van der Waals surface area contributed by atoms with Gasteiger partial charge >= 0.3 is 6.09 Å². The summed E-state index contributed by atoms with van der Waals surface area (Å²) in [6, 6.07) is 18.4. The molecule has 144 valence electrons. The molecule has 0 atom stereocenters. The fraction of sp³-hybridized carbons (Fsp3) is 0.364. The number of ether oxygens (including phenoxy) is 2.